The van der Waals surface area contributed by atoms with E-state index in [4.69, 9.17) is 0 Å². The predicted octanol–water partition coefficient (Wildman–Crippen LogP) is 0.959. The van der Waals surface area contributed by atoms with E-state index in [0.717, 1.165) is 6.26 Å². The van der Waals surface area contributed by atoms with Gasteiger partial charge < -0.3 is 10.0 Å². The van der Waals surface area contributed by atoms with Crippen molar-refractivity contribution in [1.82, 2.24) is 0 Å². The van der Waals surface area contributed by atoms with Crippen molar-refractivity contribution in [3.8, 4) is 0 Å². The van der Waals surface area contributed by atoms with Crippen LogP contribution in [0.15, 0.2) is 23.1 Å². The minimum Gasteiger partial charge on any atom is -0.386 e. The first kappa shape index (κ1) is 14.7. The Morgan fingerprint density at radius 2 is 2.05 bits per heavy atom. The minimum atomic E-state index is -3.68. The molecular formula is C12H16N2O5S. The van der Waals surface area contributed by atoms with Crippen LogP contribution >= 0.6 is 0 Å². The van der Waals surface area contributed by atoms with Crippen LogP contribution in [0.4, 0.5) is 11.4 Å². The molecule has 1 aliphatic heterocycles. The summed E-state index contributed by atoms with van der Waals surface area (Å²) in [6.07, 6.45) is 1.49. The number of nitro benzene ring substituents is 1. The number of β-amino-alcohol motifs (C(OH)–C–C–N with tert-alkyl or cyclic N) is 1. The van der Waals surface area contributed by atoms with Crippen molar-refractivity contribution in [2.45, 2.75) is 23.8 Å². The SMILES string of the molecule is CCC1(O)CN(c2cccc(S(C)(=O)=O)c2[N+](=O)[O-])C1. The van der Waals surface area contributed by atoms with Crippen LogP contribution in [0.5, 0.6) is 0 Å². The van der Waals surface area contributed by atoms with Gasteiger partial charge in [0.1, 0.15) is 10.6 Å². The molecule has 1 N–H and O–H groups in total. The monoisotopic (exact) mass is 300 g/mol. The average molecular weight is 300 g/mol. The Kier molecular flexibility index (Phi) is 3.47. The lowest BCUT2D eigenvalue weighted by atomic mass is 9.90. The number of nitrogens with zero attached hydrogens (tertiary/aromatic N) is 2. The molecule has 0 radical (unpaired) electrons. The highest BCUT2D eigenvalue weighted by Gasteiger charge is 2.42. The van der Waals surface area contributed by atoms with Gasteiger partial charge in [0.25, 0.3) is 0 Å². The number of para-hydroxylation sites is 1. The third-order valence-corrected chi connectivity index (χ3v) is 4.66. The Bertz CT molecular complexity index is 650. The Labute approximate surface area is 116 Å². The Hall–Kier alpha value is -1.67. The quantitative estimate of drug-likeness (QED) is 0.656. The van der Waals surface area contributed by atoms with Gasteiger partial charge in [0.2, 0.25) is 0 Å². The van der Waals surface area contributed by atoms with E-state index in [0.29, 0.717) is 6.42 Å². The van der Waals surface area contributed by atoms with Crippen LogP contribution < -0.4 is 4.90 Å². The summed E-state index contributed by atoms with van der Waals surface area (Å²) in [5.41, 5.74) is -1.04. The number of benzene rings is 1. The fourth-order valence-corrected chi connectivity index (χ4v) is 3.16. The number of rotatable bonds is 4. The largest absolute Gasteiger partial charge is 0.386 e. The molecule has 1 saturated heterocycles. The van der Waals surface area contributed by atoms with Crippen LogP contribution in [0.2, 0.25) is 0 Å². The van der Waals surface area contributed by atoms with Crippen molar-refractivity contribution >= 4 is 21.2 Å². The van der Waals surface area contributed by atoms with E-state index in [1.54, 1.807) is 4.90 Å². The van der Waals surface area contributed by atoms with Gasteiger partial charge in [-0.1, -0.05) is 13.0 Å². The highest BCUT2D eigenvalue weighted by molar-refractivity contribution is 7.90. The van der Waals surface area contributed by atoms with Gasteiger partial charge in [-0.25, -0.2) is 8.42 Å². The van der Waals surface area contributed by atoms with Gasteiger partial charge in [0.05, 0.1) is 10.5 Å². The van der Waals surface area contributed by atoms with Crippen molar-refractivity contribution in [2.75, 3.05) is 24.2 Å². The smallest absolute Gasteiger partial charge is 0.311 e. The summed E-state index contributed by atoms with van der Waals surface area (Å²) >= 11 is 0. The van der Waals surface area contributed by atoms with Crippen LogP contribution in [0.25, 0.3) is 0 Å². The maximum absolute atomic E-state index is 11.7. The lowest BCUT2D eigenvalue weighted by Gasteiger charge is -2.47. The molecule has 110 valence electrons. The maximum Gasteiger partial charge on any atom is 0.311 e. The molecule has 1 aliphatic rings. The molecule has 20 heavy (non-hydrogen) atoms. The molecule has 2 rings (SSSR count). The Morgan fingerprint density at radius 3 is 2.50 bits per heavy atom. The summed E-state index contributed by atoms with van der Waals surface area (Å²) in [4.78, 5) is 11.9. The number of hydrogen-bond donors (Lipinski definition) is 1. The molecule has 1 fully saturated rings. The maximum atomic E-state index is 11.7. The topological polar surface area (TPSA) is 101 Å². The van der Waals surface area contributed by atoms with Gasteiger partial charge in [-0.2, -0.15) is 0 Å². The average Bonchev–Trinajstić information content (AvgIpc) is 2.32. The van der Waals surface area contributed by atoms with Gasteiger partial charge in [0, 0.05) is 19.3 Å². The van der Waals surface area contributed by atoms with Crippen molar-refractivity contribution < 1.29 is 18.4 Å². The highest BCUT2D eigenvalue weighted by Crippen LogP contribution is 2.39. The van der Waals surface area contributed by atoms with E-state index < -0.39 is 26.0 Å². The summed E-state index contributed by atoms with van der Waals surface area (Å²) in [6, 6.07) is 4.20. The standard InChI is InChI=1S/C12H16N2O5S/c1-3-12(15)7-13(8-12)9-5-4-6-10(20(2,18)19)11(9)14(16)17/h4-6,15H,3,7-8H2,1-2H3. The fraction of sp³-hybridized carbons (Fsp3) is 0.500. The van der Waals surface area contributed by atoms with Crippen LogP contribution in [0.1, 0.15) is 13.3 Å². The molecule has 1 aromatic carbocycles. The molecular weight excluding hydrogens is 284 g/mol. The number of nitro groups is 1. The van der Waals surface area contributed by atoms with E-state index in [2.05, 4.69) is 0 Å². The molecule has 0 aromatic heterocycles. The molecule has 0 bridgehead atoms. The first-order chi connectivity index (χ1) is 9.18. The summed E-state index contributed by atoms with van der Waals surface area (Å²) in [6.45, 7) is 2.35. The second-order valence-electron chi connectivity index (χ2n) is 5.09. The molecule has 0 spiro atoms. The molecule has 0 aliphatic carbocycles. The number of anilines is 1. The molecule has 1 aromatic rings. The van der Waals surface area contributed by atoms with Crippen LogP contribution in [-0.2, 0) is 9.84 Å². The Morgan fingerprint density at radius 1 is 1.45 bits per heavy atom. The van der Waals surface area contributed by atoms with E-state index in [1.165, 1.54) is 18.2 Å². The zero-order valence-corrected chi connectivity index (χ0v) is 12.1. The zero-order chi connectivity index (χ0) is 15.1. The number of aliphatic hydroxyl groups is 1. The van der Waals surface area contributed by atoms with Gasteiger partial charge in [0.15, 0.2) is 9.84 Å². The van der Waals surface area contributed by atoms with E-state index in [9.17, 15) is 23.6 Å². The van der Waals surface area contributed by atoms with Crippen LogP contribution in [0, 0.1) is 10.1 Å². The molecule has 0 saturated carbocycles. The van der Waals surface area contributed by atoms with Crippen LogP contribution in [-0.4, -0.2) is 43.4 Å². The van der Waals surface area contributed by atoms with Gasteiger partial charge in [-0.3, -0.25) is 10.1 Å². The third kappa shape index (κ3) is 2.48. The molecule has 1 heterocycles. The van der Waals surface area contributed by atoms with Crippen molar-refractivity contribution in [2.24, 2.45) is 0 Å². The van der Waals surface area contributed by atoms with E-state index in [-0.39, 0.29) is 23.7 Å². The lowest BCUT2D eigenvalue weighted by molar-refractivity contribution is -0.387. The molecule has 8 heteroatoms. The Balaban J connectivity index is 2.48. The lowest BCUT2D eigenvalue weighted by Crippen LogP contribution is -2.61. The minimum absolute atomic E-state index is 0.232. The van der Waals surface area contributed by atoms with E-state index >= 15 is 0 Å². The van der Waals surface area contributed by atoms with Crippen LogP contribution in [0.3, 0.4) is 0 Å². The zero-order valence-electron chi connectivity index (χ0n) is 11.2. The summed E-state index contributed by atoms with van der Waals surface area (Å²) in [5.74, 6) is 0. The highest BCUT2D eigenvalue weighted by atomic mass is 32.2. The summed E-state index contributed by atoms with van der Waals surface area (Å²) in [5, 5.41) is 21.2. The van der Waals surface area contributed by atoms with Gasteiger partial charge >= 0.3 is 5.69 Å². The first-order valence-corrected chi connectivity index (χ1v) is 8.02. The van der Waals surface area contributed by atoms with Gasteiger partial charge in [-0.15, -0.1) is 0 Å². The van der Waals surface area contributed by atoms with Gasteiger partial charge in [-0.05, 0) is 18.6 Å². The fourth-order valence-electron chi connectivity index (χ4n) is 2.31. The first-order valence-electron chi connectivity index (χ1n) is 6.13. The predicted molar refractivity (Wildman–Crippen MR) is 73.7 cm³/mol. The second kappa shape index (κ2) is 4.71. The van der Waals surface area contributed by atoms with Crippen molar-refractivity contribution in [3.05, 3.63) is 28.3 Å². The second-order valence-corrected chi connectivity index (χ2v) is 7.07. The number of hydrogen-bond acceptors (Lipinski definition) is 6. The van der Waals surface area contributed by atoms with Crippen molar-refractivity contribution in [3.63, 3.8) is 0 Å². The summed E-state index contributed by atoms with van der Waals surface area (Å²) < 4.78 is 23.3. The third-order valence-electron chi connectivity index (χ3n) is 3.53. The summed E-state index contributed by atoms with van der Waals surface area (Å²) in [7, 11) is -3.68. The molecule has 0 unspecified atom stereocenters. The normalized spacial score (nSPS) is 17.6. The van der Waals surface area contributed by atoms with E-state index in [1.807, 2.05) is 6.92 Å². The van der Waals surface area contributed by atoms with Crippen molar-refractivity contribution in [1.29, 1.82) is 0 Å². The molecule has 7 nitrogen and oxygen atoms in total. The molecule has 0 amide bonds. The molecule has 0 atom stereocenters. The number of sulfone groups is 1.